The fourth-order valence-electron chi connectivity index (χ4n) is 5.96. The molecule has 204 valence electrons. The van der Waals surface area contributed by atoms with E-state index in [-0.39, 0.29) is 17.7 Å². The zero-order chi connectivity index (χ0) is 27.0. The van der Waals surface area contributed by atoms with E-state index in [4.69, 9.17) is 19.4 Å². The number of fused-ring (bicyclic) bond motifs is 3. The van der Waals surface area contributed by atoms with E-state index >= 15 is 0 Å². The summed E-state index contributed by atoms with van der Waals surface area (Å²) in [5.74, 6) is -1.94. The number of benzene rings is 2. The molecule has 9 heteroatoms. The second-order valence-electron chi connectivity index (χ2n) is 10.4. The van der Waals surface area contributed by atoms with Gasteiger partial charge in [-0.15, -0.1) is 0 Å². The molecule has 0 bridgehead atoms. The Morgan fingerprint density at radius 2 is 2.03 bits per heavy atom. The molecular formula is C29H36F2N4O3. The minimum atomic E-state index is -3.30. The molecule has 2 atom stereocenters. The van der Waals surface area contributed by atoms with Crippen molar-refractivity contribution >= 4 is 22.4 Å². The Hall–Kier alpha value is -2.88. The first kappa shape index (κ1) is 26.7. The van der Waals surface area contributed by atoms with E-state index in [0.717, 1.165) is 48.8 Å². The normalized spacial score (nSPS) is 18.6. The Morgan fingerprint density at radius 1 is 1.24 bits per heavy atom. The van der Waals surface area contributed by atoms with Crippen LogP contribution in [0.1, 0.15) is 53.0 Å². The number of ether oxygens (including phenoxy) is 2. The van der Waals surface area contributed by atoms with Gasteiger partial charge in [0.05, 0.1) is 30.9 Å². The topological polar surface area (TPSA) is 79.7 Å². The van der Waals surface area contributed by atoms with Gasteiger partial charge in [-0.2, -0.15) is 8.78 Å². The second kappa shape index (κ2) is 10.7. The monoisotopic (exact) mass is 526 g/mol. The van der Waals surface area contributed by atoms with Crippen molar-refractivity contribution in [3.8, 4) is 0 Å². The van der Waals surface area contributed by atoms with Crippen molar-refractivity contribution in [2.45, 2.75) is 58.1 Å². The number of methoxy groups -OCH3 is 1. The summed E-state index contributed by atoms with van der Waals surface area (Å²) in [6, 6.07) is 6.72. The fraction of sp³-hybridized carbons (Fsp3) is 0.517. The SMILES string of the molecule is COC[C@H]1CN(c2cc3c(NC(C)c4cccc(C(F)(F)CO)c4C)nc(C)nc3c3c2CCC3)CCO1. The quantitative estimate of drug-likeness (QED) is 0.435. The highest BCUT2D eigenvalue weighted by Gasteiger charge is 2.33. The van der Waals surface area contributed by atoms with Crippen LogP contribution in [0.25, 0.3) is 10.9 Å². The lowest BCUT2D eigenvalue weighted by molar-refractivity contribution is -0.0561. The van der Waals surface area contributed by atoms with Crippen molar-refractivity contribution in [2.75, 3.05) is 50.2 Å². The van der Waals surface area contributed by atoms with Crippen molar-refractivity contribution in [2.24, 2.45) is 0 Å². The van der Waals surface area contributed by atoms with E-state index in [1.54, 1.807) is 20.1 Å². The van der Waals surface area contributed by atoms with Crippen molar-refractivity contribution in [1.29, 1.82) is 0 Å². The van der Waals surface area contributed by atoms with Gasteiger partial charge in [-0.25, -0.2) is 9.97 Å². The van der Waals surface area contributed by atoms with Crippen LogP contribution in [0.5, 0.6) is 0 Å². The molecule has 5 rings (SSSR count). The summed E-state index contributed by atoms with van der Waals surface area (Å²) in [5, 5.41) is 13.7. The number of hydrogen-bond donors (Lipinski definition) is 2. The number of halogens is 2. The largest absolute Gasteiger partial charge is 0.390 e. The van der Waals surface area contributed by atoms with Crippen LogP contribution in [-0.2, 0) is 28.2 Å². The van der Waals surface area contributed by atoms with Crippen LogP contribution in [0, 0.1) is 13.8 Å². The van der Waals surface area contributed by atoms with Crippen molar-refractivity contribution in [3.05, 3.63) is 57.9 Å². The maximum absolute atomic E-state index is 14.4. The number of alkyl halides is 2. The highest BCUT2D eigenvalue weighted by Crippen LogP contribution is 2.40. The number of morpholine rings is 1. The van der Waals surface area contributed by atoms with E-state index in [2.05, 4.69) is 16.3 Å². The molecule has 1 aliphatic heterocycles. The molecule has 2 N–H and O–H groups in total. The maximum Gasteiger partial charge on any atom is 0.296 e. The van der Waals surface area contributed by atoms with Crippen molar-refractivity contribution in [1.82, 2.24) is 9.97 Å². The molecule has 0 amide bonds. The first-order valence-electron chi connectivity index (χ1n) is 13.3. The van der Waals surface area contributed by atoms with Gasteiger partial charge in [0.15, 0.2) is 0 Å². The predicted molar refractivity (Wildman–Crippen MR) is 144 cm³/mol. The Bertz CT molecular complexity index is 1330. The molecule has 1 unspecified atom stereocenters. The average molecular weight is 527 g/mol. The summed E-state index contributed by atoms with van der Waals surface area (Å²) in [6.45, 7) is 7.02. The number of hydrogen-bond acceptors (Lipinski definition) is 7. The summed E-state index contributed by atoms with van der Waals surface area (Å²) in [7, 11) is 1.69. The number of nitrogens with one attached hydrogen (secondary N) is 1. The lowest BCUT2D eigenvalue weighted by Crippen LogP contribution is -2.44. The van der Waals surface area contributed by atoms with Crippen LogP contribution in [0.15, 0.2) is 24.3 Å². The summed E-state index contributed by atoms with van der Waals surface area (Å²) < 4.78 is 40.0. The third-order valence-corrected chi connectivity index (χ3v) is 7.77. The van der Waals surface area contributed by atoms with Gasteiger partial charge in [0, 0.05) is 36.8 Å². The molecule has 2 heterocycles. The number of aryl methyl sites for hydroxylation is 2. The molecule has 38 heavy (non-hydrogen) atoms. The summed E-state index contributed by atoms with van der Waals surface area (Å²) >= 11 is 0. The molecular weight excluding hydrogens is 490 g/mol. The zero-order valence-corrected chi connectivity index (χ0v) is 22.5. The van der Waals surface area contributed by atoms with Crippen LogP contribution in [0.4, 0.5) is 20.3 Å². The van der Waals surface area contributed by atoms with Gasteiger partial charge in [0.1, 0.15) is 18.2 Å². The predicted octanol–water partition coefficient (Wildman–Crippen LogP) is 4.84. The van der Waals surface area contributed by atoms with Gasteiger partial charge in [0.25, 0.3) is 5.92 Å². The molecule has 2 aromatic carbocycles. The highest BCUT2D eigenvalue weighted by molar-refractivity contribution is 5.96. The lowest BCUT2D eigenvalue weighted by atomic mass is 9.94. The summed E-state index contributed by atoms with van der Waals surface area (Å²) in [6.07, 6.45) is 3.08. The molecule has 1 aliphatic carbocycles. The lowest BCUT2D eigenvalue weighted by Gasteiger charge is -2.35. The van der Waals surface area contributed by atoms with Gasteiger partial charge in [-0.05, 0) is 68.4 Å². The molecule has 1 saturated heterocycles. The summed E-state index contributed by atoms with van der Waals surface area (Å²) in [5.41, 5.74) is 5.81. The Morgan fingerprint density at radius 3 is 2.79 bits per heavy atom. The van der Waals surface area contributed by atoms with Crippen molar-refractivity contribution < 1.29 is 23.4 Å². The van der Waals surface area contributed by atoms with Crippen molar-refractivity contribution in [3.63, 3.8) is 0 Å². The molecule has 1 fully saturated rings. The van der Waals surface area contributed by atoms with E-state index in [0.29, 0.717) is 30.4 Å². The van der Waals surface area contributed by atoms with Gasteiger partial charge in [-0.3, -0.25) is 0 Å². The molecule has 0 saturated carbocycles. The van der Waals surface area contributed by atoms with E-state index < -0.39 is 12.5 Å². The number of aromatic nitrogens is 2. The third-order valence-electron chi connectivity index (χ3n) is 7.77. The van der Waals surface area contributed by atoms with Crippen LogP contribution < -0.4 is 10.2 Å². The van der Waals surface area contributed by atoms with Gasteiger partial charge in [0.2, 0.25) is 0 Å². The molecule has 0 radical (unpaired) electrons. The Labute approximate surface area is 222 Å². The zero-order valence-electron chi connectivity index (χ0n) is 22.5. The molecule has 2 aliphatic rings. The van der Waals surface area contributed by atoms with E-state index in [1.807, 2.05) is 19.9 Å². The molecule has 0 spiro atoms. The number of nitrogens with zero attached hydrogens (tertiary/aromatic N) is 3. The fourth-order valence-corrected chi connectivity index (χ4v) is 5.96. The maximum atomic E-state index is 14.4. The van der Waals surface area contributed by atoms with E-state index in [1.165, 1.54) is 22.9 Å². The molecule has 1 aromatic heterocycles. The van der Waals surface area contributed by atoms with Gasteiger partial charge < -0.3 is 24.8 Å². The first-order chi connectivity index (χ1) is 18.2. The average Bonchev–Trinajstić information content (AvgIpc) is 3.39. The number of aliphatic hydroxyl groups is 1. The highest BCUT2D eigenvalue weighted by atomic mass is 19.3. The summed E-state index contributed by atoms with van der Waals surface area (Å²) in [4.78, 5) is 12.0. The first-order valence-corrected chi connectivity index (χ1v) is 13.3. The number of anilines is 2. The molecule has 7 nitrogen and oxygen atoms in total. The Kier molecular flexibility index (Phi) is 7.53. The van der Waals surface area contributed by atoms with Crippen LogP contribution in [0.2, 0.25) is 0 Å². The number of rotatable bonds is 8. The van der Waals surface area contributed by atoms with Gasteiger partial charge >= 0.3 is 0 Å². The smallest absolute Gasteiger partial charge is 0.296 e. The standard InChI is InChI=1S/C29H36F2N4O3/c1-17-21(7-6-10-25(17)29(30,31)16-36)18(2)32-28-24-13-26(35-11-12-38-20(14-35)15-37-4)22-8-5-9-23(22)27(24)33-19(3)34-28/h6-7,10,13,18,20,36H,5,8-9,11-12,14-16H2,1-4H3,(H,32,33,34)/t18?,20-/m1/s1. The minimum Gasteiger partial charge on any atom is -0.390 e. The molecule has 3 aromatic rings. The van der Waals surface area contributed by atoms with Crippen LogP contribution in [0.3, 0.4) is 0 Å². The van der Waals surface area contributed by atoms with E-state index in [9.17, 15) is 13.9 Å². The number of aliphatic hydroxyl groups excluding tert-OH is 1. The van der Waals surface area contributed by atoms with Gasteiger partial charge in [-0.1, -0.05) is 18.2 Å². The third kappa shape index (κ3) is 4.95. The minimum absolute atomic E-state index is 0.0145. The Balaban J connectivity index is 1.56. The van der Waals surface area contributed by atoms with Crippen LogP contribution in [-0.4, -0.2) is 61.2 Å². The van der Waals surface area contributed by atoms with Crippen LogP contribution >= 0.6 is 0 Å². The second-order valence-corrected chi connectivity index (χ2v) is 10.4.